The van der Waals surface area contributed by atoms with Crippen LogP contribution in [0.3, 0.4) is 0 Å². The van der Waals surface area contributed by atoms with Crippen molar-refractivity contribution in [2.45, 2.75) is 85.0 Å². The second kappa shape index (κ2) is 6.44. The molecule has 1 radical (unpaired) electrons. The molecule has 4 aliphatic rings. The number of hydrogen-bond acceptors (Lipinski definition) is 1. The third-order valence-corrected chi connectivity index (χ3v) is 9.07. The number of carbonyl (C=O) groups excluding carboxylic acids is 1. The van der Waals surface area contributed by atoms with Crippen LogP contribution in [-0.2, 0) is 4.79 Å². The smallest absolute Gasteiger partial charge is 0.133 e. The van der Waals surface area contributed by atoms with Gasteiger partial charge in [0.1, 0.15) is 5.78 Å². The van der Waals surface area contributed by atoms with Crippen molar-refractivity contribution in [2.75, 3.05) is 0 Å². The maximum absolute atomic E-state index is 12.2. The molecular weight excluding hydrogens is 291 g/mol. The van der Waals surface area contributed by atoms with Gasteiger partial charge in [-0.05, 0) is 92.8 Å². The molecule has 1 unspecified atom stereocenters. The summed E-state index contributed by atoms with van der Waals surface area (Å²) in [7, 11) is 0. The fourth-order valence-corrected chi connectivity index (χ4v) is 7.96. The van der Waals surface area contributed by atoms with Gasteiger partial charge in [-0.25, -0.2) is 0 Å². The van der Waals surface area contributed by atoms with Crippen molar-refractivity contribution in [2.24, 2.45) is 40.4 Å². The molecule has 7 atom stereocenters. The normalized spacial score (nSPS) is 51.9. The van der Waals surface area contributed by atoms with Crippen LogP contribution in [0.4, 0.5) is 0 Å². The molecule has 0 heterocycles. The van der Waals surface area contributed by atoms with Crippen LogP contribution in [-0.4, -0.2) is 35.3 Å². The number of fused-ring (bicyclic) bond motifs is 5. The first kappa shape index (κ1) is 18.5. The Kier molecular flexibility index (Phi) is 5.17. The minimum absolute atomic E-state index is 0. The van der Waals surface area contributed by atoms with Crippen LogP contribution in [0.25, 0.3) is 0 Å². The summed E-state index contributed by atoms with van der Waals surface area (Å²) in [4.78, 5) is 12.2. The summed E-state index contributed by atoms with van der Waals surface area (Å²) in [6.45, 7) is 6.97. The summed E-state index contributed by atoms with van der Waals surface area (Å²) in [6.07, 6.45) is 14.1. The molecule has 0 spiro atoms. The van der Waals surface area contributed by atoms with E-state index in [1.807, 2.05) is 6.92 Å². The van der Waals surface area contributed by atoms with E-state index in [1.165, 1.54) is 64.2 Å². The van der Waals surface area contributed by atoms with Gasteiger partial charge in [-0.3, -0.25) is 4.79 Å². The molecule has 0 aromatic heterocycles. The first-order valence-corrected chi connectivity index (χ1v) is 9.97. The third kappa shape index (κ3) is 2.63. The van der Waals surface area contributed by atoms with Crippen LogP contribution in [0.5, 0.6) is 0 Å². The van der Waals surface area contributed by atoms with E-state index >= 15 is 0 Å². The van der Waals surface area contributed by atoms with E-state index in [9.17, 15) is 4.79 Å². The van der Waals surface area contributed by atoms with Gasteiger partial charge in [0.05, 0.1) is 0 Å². The Labute approximate surface area is 165 Å². The fourth-order valence-electron chi connectivity index (χ4n) is 7.96. The van der Waals surface area contributed by atoms with E-state index < -0.39 is 0 Å². The van der Waals surface area contributed by atoms with Crippen molar-refractivity contribution in [1.82, 2.24) is 0 Å². The van der Waals surface area contributed by atoms with Crippen molar-refractivity contribution in [1.29, 1.82) is 0 Å². The Hall–Kier alpha value is 0.670. The minimum Gasteiger partial charge on any atom is -0.300 e. The molecule has 0 aromatic carbocycles. The van der Waals surface area contributed by atoms with E-state index in [-0.39, 0.29) is 29.6 Å². The first-order valence-electron chi connectivity index (χ1n) is 9.97. The molecular formula is C21H34NaO. The van der Waals surface area contributed by atoms with Gasteiger partial charge in [0.2, 0.25) is 0 Å². The molecule has 4 saturated carbocycles. The summed E-state index contributed by atoms with van der Waals surface area (Å²) in [5.41, 5.74) is 0.974. The van der Waals surface area contributed by atoms with Crippen molar-refractivity contribution < 1.29 is 4.79 Å². The third-order valence-electron chi connectivity index (χ3n) is 9.07. The second-order valence-corrected chi connectivity index (χ2v) is 9.69. The van der Waals surface area contributed by atoms with E-state index in [1.54, 1.807) is 0 Å². The molecule has 4 rings (SSSR count). The number of hydrogen-bond donors (Lipinski definition) is 0. The molecule has 0 amide bonds. The van der Waals surface area contributed by atoms with E-state index in [4.69, 9.17) is 0 Å². The maximum Gasteiger partial charge on any atom is 0.133 e. The van der Waals surface area contributed by atoms with Crippen LogP contribution in [0.1, 0.15) is 85.0 Å². The van der Waals surface area contributed by atoms with Gasteiger partial charge in [-0.1, -0.05) is 26.7 Å². The average Bonchev–Trinajstić information content (AvgIpc) is 2.84. The van der Waals surface area contributed by atoms with Gasteiger partial charge >= 0.3 is 0 Å². The summed E-state index contributed by atoms with van der Waals surface area (Å²) >= 11 is 0. The van der Waals surface area contributed by atoms with E-state index in [0.29, 0.717) is 22.5 Å². The maximum atomic E-state index is 12.2. The Morgan fingerprint density at radius 3 is 2.30 bits per heavy atom. The molecule has 125 valence electrons. The SMILES string of the molecule is CC(=O)[C@H]1CC[C@H]2[C@@H]3CCC4CCCC[C@]4(C)[C@H]3CC[C@]12C.[Na]. The summed E-state index contributed by atoms with van der Waals surface area (Å²) in [5.74, 6) is 4.60. The van der Waals surface area contributed by atoms with E-state index in [0.717, 1.165) is 23.7 Å². The van der Waals surface area contributed by atoms with Crippen molar-refractivity contribution in [3.8, 4) is 0 Å². The number of ketones is 1. The van der Waals surface area contributed by atoms with Crippen LogP contribution in [0.2, 0.25) is 0 Å². The van der Waals surface area contributed by atoms with Gasteiger partial charge in [-0.15, -0.1) is 0 Å². The average molecular weight is 325 g/mol. The minimum atomic E-state index is 0. The van der Waals surface area contributed by atoms with Crippen LogP contribution in [0.15, 0.2) is 0 Å². The van der Waals surface area contributed by atoms with Crippen LogP contribution >= 0.6 is 0 Å². The molecule has 0 bridgehead atoms. The molecule has 4 aliphatic carbocycles. The molecule has 0 saturated heterocycles. The van der Waals surface area contributed by atoms with Gasteiger partial charge < -0.3 is 0 Å². The largest absolute Gasteiger partial charge is 0.300 e. The predicted octanol–water partition coefficient (Wildman–Crippen LogP) is 5.24. The molecule has 1 nitrogen and oxygen atoms in total. The monoisotopic (exact) mass is 325 g/mol. The number of Topliss-reactive ketones (excluding diaryl/α,β-unsaturated/α-hetero) is 1. The molecule has 23 heavy (non-hydrogen) atoms. The Bertz CT molecular complexity index is 474. The molecule has 0 aliphatic heterocycles. The Morgan fingerprint density at radius 2 is 1.57 bits per heavy atom. The fraction of sp³-hybridized carbons (Fsp3) is 0.952. The zero-order valence-electron chi connectivity index (χ0n) is 15.9. The van der Waals surface area contributed by atoms with Crippen LogP contribution < -0.4 is 0 Å². The second-order valence-electron chi connectivity index (χ2n) is 9.69. The van der Waals surface area contributed by atoms with Gasteiger partial charge in [-0.2, -0.15) is 0 Å². The van der Waals surface area contributed by atoms with Gasteiger partial charge in [0.15, 0.2) is 0 Å². The molecule has 4 fully saturated rings. The molecule has 2 heteroatoms. The van der Waals surface area contributed by atoms with Crippen LogP contribution in [0, 0.1) is 40.4 Å². The van der Waals surface area contributed by atoms with E-state index in [2.05, 4.69) is 13.8 Å². The summed E-state index contributed by atoms with van der Waals surface area (Å²) in [6, 6.07) is 0. The number of carbonyl (C=O) groups is 1. The zero-order valence-corrected chi connectivity index (χ0v) is 17.9. The molecule has 0 aromatic rings. The van der Waals surface area contributed by atoms with Crippen molar-refractivity contribution in [3.63, 3.8) is 0 Å². The number of rotatable bonds is 1. The summed E-state index contributed by atoms with van der Waals surface area (Å²) < 4.78 is 0. The summed E-state index contributed by atoms with van der Waals surface area (Å²) in [5, 5.41) is 0. The first-order chi connectivity index (χ1) is 10.5. The zero-order chi connectivity index (χ0) is 15.5. The van der Waals surface area contributed by atoms with Crippen molar-refractivity contribution >= 4 is 35.3 Å². The standard InChI is InChI=1S/C21H34O.Na/c1-14(22)17-9-10-18-16-8-7-15-6-4-5-12-20(15,2)19(16)11-13-21(17,18)3;/h15-19H,4-13H2,1-3H3;/t15?,16-,17+,18-,19-,20-,21+;/m0./s1. The van der Waals surface area contributed by atoms with Gasteiger partial charge in [0.25, 0.3) is 0 Å². The Morgan fingerprint density at radius 1 is 0.826 bits per heavy atom. The predicted molar refractivity (Wildman–Crippen MR) is 96.3 cm³/mol. The van der Waals surface area contributed by atoms with Crippen molar-refractivity contribution in [3.05, 3.63) is 0 Å². The topological polar surface area (TPSA) is 17.1 Å². The van der Waals surface area contributed by atoms with Gasteiger partial charge in [0, 0.05) is 35.5 Å². The quantitative estimate of drug-likeness (QED) is 0.602. The molecule has 0 N–H and O–H groups in total. The Balaban J connectivity index is 0.00000156.